The van der Waals surface area contributed by atoms with Gasteiger partial charge in [-0.2, -0.15) is 5.10 Å². The van der Waals surface area contributed by atoms with Gasteiger partial charge in [0.1, 0.15) is 5.82 Å². The zero-order valence-electron chi connectivity index (χ0n) is 17.7. The number of nitrogens with zero attached hydrogens (tertiary/aromatic N) is 3. The van der Waals surface area contributed by atoms with Crippen LogP contribution in [0.25, 0.3) is 32.9 Å². The zero-order chi connectivity index (χ0) is 22.2. The highest BCUT2D eigenvalue weighted by Gasteiger charge is 2.19. The van der Waals surface area contributed by atoms with Crippen molar-refractivity contribution >= 4 is 27.5 Å². The lowest BCUT2D eigenvalue weighted by atomic mass is 10.0. The third-order valence-corrected chi connectivity index (χ3v) is 5.80. The number of pyridine rings is 3. The van der Waals surface area contributed by atoms with Crippen LogP contribution in [-0.4, -0.2) is 25.1 Å². The summed E-state index contributed by atoms with van der Waals surface area (Å²) in [5, 5.41) is 12.7. The molecular formula is C26H20N6O. The summed E-state index contributed by atoms with van der Waals surface area (Å²) in [6, 6.07) is 13.7. The normalized spacial score (nSPS) is 13.1. The van der Waals surface area contributed by atoms with E-state index in [1.165, 1.54) is 0 Å². The number of benzene rings is 1. The largest absolute Gasteiger partial charge is 0.364 e. The molecule has 33 heavy (non-hydrogen) atoms. The van der Waals surface area contributed by atoms with Crippen molar-refractivity contribution in [3.8, 4) is 23.1 Å². The molecule has 1 aliphatic carbocycles. The van der Waals surface area contributed by atoms with Gasteiger partial charge in [0, 0.05) is 40.8 Å². The van der Waals surface area contributed by atoms with Crippen molar-refractivity contribution in [1.82, 2.24) is 25.1 Å². The summed E-state index contributed by atoms with van der Waals surface area (Å²) in [6.45, 7) is 0.517. The first-order chi connectivity index (χ1) is 16.3. The number of rotatable bonds is 4. The highest BCUT2D eigenvalue weighted by Crippen LogP contribution is 2.33. The van der Waals surface area contributed by atoms with Crippen molar-refractivity contribution in [2.24, 2.45) is 5.92 Å². The summed E-state index contributed by atoms with van der Waals surface area (Å²) in [5.74, 6) is 7.67. The molecule has 0 saturated heterocycles. The SMILES string of the molecule is O=c1[nH]cc(C#CC2CC2)c2nc(NCc3ccccn3)c3ccc(-c4ccn[nH]4)cc3c12. The highest BCUT2D eigenvalue weighted by atomic mass is 16.1. The van der Waals surface area contributed by atoms with Gasteiger partial charge in [-0.3, -0.25) is 14.9 Å². The van der Waals surface area contributed by atoms with Gasteiger partial charge in [-0.1, -0.05) is 24.0 Å². The van der Waals surface area contributed by atoms with E-state index >= 15 is 0 Å². The number of aromatic amines is 2. The molecule has 1 saturated carbocycles. The Hall–Kier alpha value is -4.44. The Kier molecular flexibility index (Phi) is 4.62. The maximum absolute atomic E-state index is 13.0. The molecule has 0 atom stereocenters. The van der Waals surface area contributed by atoms with Crippen LogP contribution >= 0.6 is 0 Å². The number of nitrogens with one attached hydrogen (secondary N) is 3. The molecule has 1 fully saturated rings. The molecule has 3 N–H and O–H groups in total. The van der Waals surface area contributed by atoms with Crippen molar-refractivity contribution in [3.05, 3.63) is 82.7 Å². The molecule has 7 nitrogen and oxygen atoms in total. The van der Waals surface area contributed by atoms with Gasteiger partial charge in [-0.15, -0.1) is 0 Å². The van der Waals surface area contributed by atoms with Crippen LogP contribution in [0.3, 0.4) is 0 Å². The number of H-pyrrole nitrogens is 2. The molecule has 160 valence electrons. The van der Waals surface area contributed by atoms with E-state index in [-0.39, 0.29) is 5.56 Å². The summed E-state index contributed by atoms with van der Waals surface area (Å²) in [4.78, 5) is 25.1. The monoisotopic (exact) mass is 432 g/mol. The van der Waals surface area contributed by atoms with E-state index in [1.807, 2.05) is 42.5 Å². The molecule has 6 rings (SSSR count). The quantitative estimate of drug-likeness (QED) is 0.291. The lowest BCUT2D eigenvalue weighted by Crippen LogP contribution is -2.10. The molecule has 7 heteroatoms. The predicted molar refractivity (Wildman–Crippen MR) is 129 cm³/mol. The van der Waals surface area contributed by atoms with Gasteiger partial charge < -0.3 is 10.3 Å². The fraction of sp³-hybridized carbons (Fsp3) is 0.154. The van der Waals surface area contributed by atoms with E-state index in [0.717, 1.165) is 46.1 Å². The molecular weight excluding hydrogens is 412 g/mol. The van der Waals surface area contributed by atoms with Gasteiger partial charge in [-0.05, 0) is 43.2 Å². The van der Waals surface area contributed by atoms with E-state index in [2.05, 4.69) is 37.3 Å². The standard InChI is InChI=1S/C26H20N6O/c33-26-23-21-13-17(22-10-12-30-32-22)8-9-20(21)25(28-15-19-3-1-2-11-27-19)31-24(23)18(14-29-26)7-6-16-4-5-16/h1-3,8-14,16H,4-5,15H2,(H,28,31)(H,29,33)(H,30,32). The van der Waals surface area contributed by atoms with E-state index in [0.29, 0.717) is 29.2 Å². The fourth-order valence-electron chi connectivity index (χ4n) is 3.91. The molecule has 0 spiro atoms. The van der Waals surface area contributed by atoms with Crippen LogP contribution < -0.4 is 10.9 Å². The van der Waals surface area contributed by atoms with Gasteiger partial charge in [0.25, 0.3) is 5.56 Å². The summed E-state index contributed by atoms with van der Waals surface area (Å²) in [6.07, 6.45) is 7.41. The van der Waals surface area contributed by atoms with Crippen molar-refractivity contribution in [2.45, 2.75) is 19.4 Å². The first-order valence-electron chi connectivity index (χ1n) is 10.9. The Bertz CT molecular complexity index is 1590. The fourth-order valence-corrected chi connectivity index (χ4v) is 3.91. The van der Waals surface area contributed by atoms with Crippen LogP contribution in [-0.2, 0) is 6.54 Å². The van der Waals surface area contributed by atoms with Crippen LogP contribution in [0.1, 0.15) is 24.1 Å². The number of hydrogen-bond donors (Lipinski definition) is 3. The summed E-state index contributed by atoms with van der Waals surface area (Å²) in [7, 11) is 0. The zero-order valence-corrected chi connectivity index (χ0v) is 17.7. The number of fused-ring (bicyclic) bond motifs is 3. The average Bonchev–Trinajstić information content (AvgIpc) is 3.52. The molecule has 0 radical (unpaired) electrons. The molecule has 1 aliphatic rings. The Morgan fingerprint density at radius 1 is 1.09 bits per heavy atom. The van der Waals surface area contributed by atoms with Crippen molar-refractivity contribution < 1.29 is 0 Å². The molecule has 5 aromatic rings. The molecule has 0 amide bonds. The smallest absolute Gasteiger partial charge is 0.258 e. The van der Waals surface area contributed by atoms with Gasteiger partial charge in [0.05, 0.1) is 34.4 Å². The second-order valence-electron chi connectivity index (χ2n) is 8.16. The molecule has 4 aromatic heterocycles. The minimum atomic E-state index is -0.183. The van der Waals surface area contributed by atoms with Gasteiger partial charge in [0.2, 0.25) is 0 Å². The van der Waals surface area contributed by atoms with Crippen LogP contribution in [0, 0.1) is 17.8 Å². The minimum Gasteiger partial charge on any atom is -0.364 e. The minimum absolute atomic E-state index is 0.183. The van der Waals surface area contributed by atoms with E-state index in [9.17, 15) is 4.79 Å². The van der Waals surface area contributed by atoms with Gasteiger partial charge in [-0.25, -0.2) is 4.98 Å². The molecule has 1 aromatic carbocycles. The van der Waals surface area contributed by atoms with Crippen molar-refractivity contribution in [2.75, 3.05) is 5.32 Å². The average molecular weight is 432 g/mol. The Morgan fingerprint density at radius 3 is 2.82 bits per heavy atom. The van der Waals surface area contributed by atoms with E-state index in [4.69, 9.17) is 4.98 Å². The number of anilines is 1. The lowest BCUT2D eigenvalue weighted by molar-refractivity contribution is 1.04. The second-order valence-corrected chi connectivity index (χ2v) is 8.16. The third kappa shape index (κ3) is 3.72. The van der Waals surface area contributed by atoms with Crippen LogP contribution in [0.2, 0.25) is 0 Å². The van der Waals surface area contributed by atoms with Gasteiger partial charge >= 0.3 is 0 Å². The predicted octanol–water partition coefficient (Wildman–Crippen LogP) is 4.24. The first kappa shape index (κ1) is 19.3. The lowest BCUT2D eigenvalue weighted by Gasteiger charge is -2.13. The summed E-state index contributed by atoms with van der Waals surface area (Å²) in [5.41, 5.74) is 3.87. The Balaban J connectivity index is 1.58. The summed E-state index contributed by atoms with van der Waals surface area (Å²) < 4.78 is 0. The summed E-state index contributed by atoms with van der Waals surface area (Å²) >= 11 is 0. The first-order valence-corrected chi connectivity index (χ1v) is 10.9. The van der Waals surface area contributed by atoms with E-state index in [1.54, 1.807) is 18.6 Å². The topological polar surface area (TPSA) is 99.3 Å². The van der Waals surface area contributed by atoms with Crippen molar-refractivity contribution in [1.29, 1.82) is 0 Å². The molecule has 0 aliphatic heterocycles. The van der Waals surface area contributed by atoms with E-state index < -0.39 is 0 Å². The number of hydrogen-bond acceptors (Lipinski definition) is 5. The van der Waals surface area contributed by atoms with Gasteiger partial charge in [0.15, 0.2) is 0 Å². The molecule has 0 bridgehead atoms. The Labute approximate surface area is 189 Å². The third-order valence-electron chi connectivity index (χ3n) is 5.80. The molecule has 0 unspecified atom stereocenters. The van der Waals surface area contributed by atoms with Crippen molar-refractivity contribution in [3.63, 3.8) is 0 Å². The number of aromatic nitrogens is 5. The van der Waals surface area contributed by atoms with Crippen LogP contribution in [0.5, 0.6) is 0 Å². The maximum Gasteiger partial charge on any atom is 0.258 e. The molecule has 4 heterocycles. The maximum atomic E-state index is 13.0. The second kappa shape index (κ2) is 7.92. The Morgan fingerprint density at radius 2 is 2.03 bits per heavy atom. The van der Waals surface area contributed by atoms with Crippen LogP contribution in [0.15, 0.2) is 65.8 Å². The highest BCUT2D eigenvalue weighted by molar-refractivity contribution is 6.12. The van der Waals surface area contributed by atoms with Crippen LogP contribution in [0.4, 0.5) is 5.82 Å².